The van der Waals surface area contributed by atoms with Crippen LogP contribution >= 0.6 is 0 Å². The molecule has 2 atom stereocenters. The Morgan fingerprint density at radius 2 is 2.33 bits per heavy atom. The topological polar surface area (TPSA) is 63.4 Å². The van der Waals surface area contributed by atoms with Crippen molar-refractivity contribution in [2.75, 3.05) is 19.7 Å². The van der Waals surface area contributed by atoms with E-state index in [1.807, 2.05) is 11.6 Å². The number of aryl methyl sites for hydroxylation is 1. The van der Waals surface area contributed by atoms with E-state index >= 15 is 0 Å². The average Bonchev–Trinajstić information content (AvgIpc) is 2.76. The van der Waals surface area contributed by atoms with Crippen LogP contribution in [0.15, 0.2) is 6.33 Å². The van der Waals surface area contributed by atoms with E-state index in [2.05, 4.69) is 21.9 Å². The number of hydrogen-bond donors (Lipinski definition) is 1. The number of hydrogen-bond acceptors (Lipinski definition) is 5. The summed E-state index contributed by atoms with van der Waals surface area (Å²) in [5.41, 5.74) is 0. The van der Waals surface area contributed by atoms with Crippen LogP contribution in [0.3, 0.4) is 0 Å². The van der Waals surface area contributed by atoms with Crippen LogP contribution in [0.2, 0.25) is 0 Å². The number of morpholine rings is 1. The van der Waals surface area contributed by atoms with Crippen LogP contribution in [-0.4, -0.2) is 56.7 Å². The molecule has 0 radical (unpaired) electrons. The predicted molar refractivity (Wildman–Crippen MR) is 67.0 cm³/mol. The summed E-state index contributed by atoms with van der Waals surface area (Å²) >= 11 is 0. The van der Waals surface area contributed by atoms with Gasteiger partial charge in [0.2, 0.25) is 0 Å². The molecule has 0 spiro atoms. The maximum absolute atomic E-state index is 9.21. The maximum atomic E-state index is 9.21. The van der Waals surface area contributed by atoms with Crippen molar-refractivity contribution < 1.29 is 9.84 Å². The van der Waals surface area contributed by atoms with Crippen molar-refractivity contribution in [2.45, 2.75) is 45.6 Å². The summed E-state index contributed by atoms with van der Waals surface area (Å²) in [5, 5.41) is 13.4. The number of aliphatic hydroxyl groups is 1. The summed E-state index contributed by atoms with van der Waals surface area (Å²) < 4.78 is 7.58. The molecular formula is C12H22N4O2. The van der Waals surface area contributed by atoms with Gasteiger partial charge < -0.3 is 9.84 Å². The molecule has 0 saturated carbocycles. The van der Waals surface area contributed by atoms with E-state index in [1.54, 1.807) is 6.33 Å². The first-order valence-electron chi connectivity index (χ1n) is 6.58. The lowest BCUT2D eigenvalue weighted by atomic mass is 10.2. The molecule has 1 fully saturated rings. The van der Waals surface area contributed by atoms with E-state index < -0.39 is 0 Å². The lowest BCUT2D eigenvalue weighted by Crippen LogP contribution is -2.47. The smallest absolute Gasteiger partial charge is 0.141 e. The Hall–Kier alpha value is -0.980. The van der Waals surface area contributed by atoms with E-state index in [0.29, 0.717) is 0 Å². The molecule has 1 N–H and O–H groups in total. The highest BCUT2D eigenvalue weighted by Gasteiger charge is 2.25. The van der Waals surface area contributed by atoms with Crippen molar-refractivity contribution in [3.8, 4) is 0 Å². The van der Waals surface area contributed by atoms with Crippen LogP contribution in [0.1, 0.15) is 26.1 Å². The largest absolute Gasteiger partial charge is 0.394 e. The van der Waals surface area contributed by atoms with Crippen molar-refractivity contribution in [2.24, 2.45) is 0 Å². The summed E-state index contributed by atoms with van der Waals surface area (Å²) in [6.07, 6.45) is 2.72. The fourth-order valence-electron chi connectivity index (χ4n) is 2.38. The number of aromatic nitrogens is 3. The molecule has 0 aliphatic carbocycles. The van der Waals surface area contributed by atoms with Gasteiger partial charge in [-0.05, 0) is 13.3 Å². The molecular weight excluding hydrogens is 232 g/mol. The van der Waals surface area contributed by atoms with E-state index in [0.717, 1.165) is 38.4 Å². The quantitative estimate of drug-likeness (QED) is 0.817. The van der Waals surface area contributed by atoms with Gasteiger partial charge in [0.05, 0.1) is 25.4 Å². The highest BCUT2D eigenvalue weighted by Crippen LogP contribution is 2.13. The summed E-state index contributed by atoms with van der Waals surface area (Å²) in [6.45, 7) is 7.52. The first-order chi connectivity index (χ1) is 8.72. The first kappa shape index (κ1) is 13.5. The lowest BCUT2D eigenvalue weighted by molar-refractivity contribution is -0.0979. The van der Waals surface area contributed by atoms with Gasteiger partial charge in [-0.3, -0.25) is 4.90 Å². The normalized spacial score (nSPS) is 25.5. The highest BCUT2D eigenvalue weighted by atomic mass is 16.5. The van der Waals surface area contributed by atoms with E-state index in [-0.39, 0.29) is 18.8 Å². The molecule has 6 heteroatoms. The Morgan fingerprint density at radius 3 is 3.06 bits per heavy atom. The van der Waals surface area contributed by atoms with Crippen LogP contribution in [0.5, 0.6) is 0 Å². The Kier molecular flexibility index (Phi) is 4.68. The average molecular weight is 254 g/mol. The Balaban J connectivity index is 1.97. The third kappa shape index (κ3) is 3.28. The fourth-order valence-corrected chi connectivity index (χ4v) is 2.38. The molecule has 18 heavy (non-hydrogen) atoms. The molecule has 1 aromatic rings. The summed E-state index contributed by atoms with van der Waals surface area (Å²) in [7, 11) is 0. The van der Waals surface area contributed by atoms with Gasteiger partial charge in [-0.2, -0.15) is 5.10 Å². The van der Waals surface area contributed by atoms with Gasteiger partial charge >= 0.3 is 0 Å². The van der Waals surface area contributed by atoms with Crippen molar-refractivity contribution in [3.63, 3.8) is 0 Å². The zero-order valence-electron chi connectivity index (χ0n) is 11.1. The van der Waals surface area contributed by atoms with Crippen LogP contribution in [0.25, 0.3) is 0 Å². The number of ether oxygens (including phenoxy) is 1. The minimum absolute atomic E-state index is 0.0719. The molecule has 1 aliphatic rings. The molecule has 1 saturated heterocycles. The Bertz CT molecular complexity index is 369. The van der Waals surface area contributed by atoms with Crippen LogP contribution in [-0.2, 0) is 17.8 Å². The van der Waals surface area contributed by atoms with Crippen LogP contribution < -0.4 is 0 Å². The lowest BCUT2D eigenvalue weighted by Gasteiger charge is -2.35. The zero-order chi connectivity index (χ0) is 13.0. The predicted octanol–water partition coefficient (Wildman–Crippen LogP) is 0.270. The second-order valence-corrected chi connectivity index (χ2v) is 4.84. The highest BCUT2D eigenvalue weighted by molar-refractivity contribution is 4.87. The molecule has 2 unspecified atom stereocenters. The summed E-state index contributed by atoms with van der Waals surface area (Å²) in [6, 6.07) is 0. The number of nitrogens with zero attached hydrogens (tertiary/aromatic N) is 4. The fraction of sp³-hybridized carbons (Fsp3) is 0.833. The molecule has 0 aromatic carbocycles. The minimum atomic E-state index is -0.0868. The monoisotopic (exact) mass is 254 g/mol. The number of aliphatic hydroxyl groups excluding tert-OH is 1. The van der Waals surface area contributed by atoms with Gasteiger partial charge in [-0.25, -0.2) is 9.67 Å². The molecule has 2 rings (SSSR count). The Morgan fingerprint density at radius 1 is 1.50 bits per heavy atom. The molecule has 6 nitrogen and oxygen atoms in total. The van der Waals surface area contributed by atoms with Gasteiger partial charge in [0.1, 0.15) is 12.2 Å². The Labute approximate surface area is 108 Å². The van der Waals surface area contributed by atoms with Crippen molar-refractivity contribution >= 4 is 0 Å². The molecule has 1 aliphatic heterocycles. The molecule has 0 amide bonds. The van der Waals surface area contributed by atoms with Gasteiger partial charge in [-0.15, -0.1) is 0 Å². The third-order valence-corrected chi connectivity index (χ3v) is 3.10. The summed E-state index contributed by atoms with van der Waals surface area (Å²) in [5.74, 6) is 0.989. The van der Waals surface area contributed by atoms with Crippen molar-refractivity contribution in [1.29, 1.82) is 0 Å². The second-order valence-electron chi connectivity index (χ2n) is 4.84. The zero-order valence-corrected chi connectivity index (χ0v) is 11.1. The molecule has 102 valence electrons. The van der Waals surface area contributed by atoms with Crippen molar-refractivity contribution in [1.82, 2.24) is 19.7 Å². The second kappa shape index (κ2) is 6.26. The molecule has 2 heterocycles. The van der Waals surface area contributed by atoms with Gasteiger partial charge in [-0.1, -0.05) is 6.92 Å². The van der Waals surface area contributed by atoms with E-state index in [1.165, 1.54) is 0 Å². The first-order valence-corrected chi connectivity index (χ1v) is 6.58. The number of rotatable bonds is 5. The standard InChI is InChI=1S/C12H22N4O2/c1-3-4-16-12(13-9-14-16)7-15-5-10(2)18-11(6-15)8-17/h9-11,17H,3-8H2,1-2H3. The van der Waals surface area contributed by atoms with Crippen LogP contribution in [0.4, 0.5) is 0 Å². The molecule has 0 bridgehead atoms. The van der Waals surface area contributed by atoms with E-state index in [9.17, 15) is 5.11 Å². The maximum Gasteiger partial charge on any atom is 0.141 e. The van der Waals surface area contributed by atoms with Gasteiger partial charge in [0.15, 0.2) is 0 Å². The van der Waals surface area contributed by atoms with Gasteiger partial charge in [0, 0.05) is 19.6 Å². The molecule has 1 aromatic heterocycles. The van der Waals surface area contributed by atoms with Gasteiger partial charge in [0.25, 0.3) is 0 Å². The van der Waals surface area contributed by atoms with Crippen molar-refractivity contribution in [3.05, 3.63) is 12.2 Å². The SMILES string of the molecule is CCCn1ncnc1CN1CC(C)OC(CO)C1. The van der Waals surface area contributed by atoms with Crippen LogP contribution in [0, 0.1) is 0 Å². The third-order valence-electron chi connectivity index (χ3n) is 3.10. The van der Waals surface area contributed by atoms with E-state index in [4.69, 9.17) is 4.74 Å². The summed E-state index contributed by atoms with van der Waals surface area (Å²) in [4.78, 5) is 6.58. The minimum Gasteiger partial charge on any atom is -0.394 e.